The number of aromatic nitrogens is 3. The molecular weight excluding hydrogens is 380 g/mol. The van der Waals surface area contributed by atoms with Crippen LogP contribution >= 0.6 is 0 Å². The molecule has 0 aliphatic carbocycles. The van der Waals surface area contributed by atoms with Crippen molar-refractivity contribution in [2.45, 2.75) is 51.6 Å². The maximum Gasteiger partial charge on any atom is 0.272 e. The molecule has 0 saturated carbocycles. The molecule has 0 unspecified atom stereocenters. The fourth-order valence-electron chi connectivity index (χ4n) is 4.07. The number of amides is 1. The van der Waals surface area contributed by atoms with Gasteiger partial charge in [0, 0.05) is 30.8 Å². The number of carbonyl (C=O) groups is 1. The van der Waals surface area contributed by atoms with E-state index in [-0.39, 0.29) is 18.0 Å². The molecule has 0 radical (unpaired) electrons. The zero-order valence-electron chi connectivity index (χ0n) is 17.7. The van der Waals surface area contributed by atoms with E-state index in [0.29, 0.717) is 24.6 Å². The van der Waals surface area contributed by atoms with Crippen molar-refractivity contribution < 1.29 is 13.9 Å². The molecule has 3 aromatic rings. The summed E-state index contributed by atoms with van der Waals surface area (Å²) in [6.07, 6.45) is 6.91. The molecule has 0 bridgehead atoms. The largest absolute Gasteiger partial charge is 0.496 e. The van der Waals surface area contributed by atoms with Crippen LogP contribution in [0.25, 0.3) is 0 Å². The molecule has 1 amide bonds. The highest BCUT2D eigenvalue weighted by Crippen LogP contribution is 2.33. The summed E-state index contributed by atoms with van der Waals surface area (Å²) < 4.78 is 13.3. The van der Waals surface area contributed by atoms with E-state index in [4.69, 9.17) is 9.15 Å². The molecule has 1 fully saturated rings. The van der Waals surface area contributed by atoms with Gasteiger partial charge in [0.2, 0.25) is 5.89 Å². The van der Waals surface area contributed by atoms with Crippen LogP contribution in [-0.4, -0.2) is 39.2 Å². The molecule has 7 heteroatoms. The number of hydrogen-bond donors (Lipinski definition) is 0. The maximum absolute atomic E-state index is 13.3. The summed E-state index contributed by atoms with van der Waals surface area (Å²) in [4.78, 5) is 19.8. The van der Waals surface area contributed by atoms with E-state index in [2.05, 4.69) is 10.1 Å². The van der Waals surface area contributed by atoms with Crippen LogP contribution in [0.2, 0.25) is 0 Å². The number of methoxy groups -OCH3 is 1. The quantitative estimate of drug-likeness (QED) is 0.604. The molecule has 7 nitrogen and oxygen atoms in total. The Morgan fingerprint density at radius 2 is 2.10 bits per heavy atom. The summed E-state index contributed by atoms with van der Waals surface area (Å²) in [7, 11) is 1.66. The first kappa shape index (κ1) is 20.2. The van der Waals surface area contributed by atoms with E-state index in [1.807, 2.05) is 43.0 Å². The zero-order valence-corrected chi connectivity index (χ0v) is 17.7. The van der Waals surface area contributed by atoms with Gasteiger partial charge in [0.25, 0.3) is 5.91 Å². The summed E-state index contributed by atoms with van der Waals surface area (Å²) in [5.74, 6) is 2.17. The van der Waals surface area contributed by atoms with Crippen molar-refractivity contribution in [3.05, 3.63) is 65.6 Å². The highest BCUT2D eigenvalue weighted by atomic mass is 16.5. The molecule has 1 aromatic carbocycles. The molecule has 1 saturated heterocycles. The molecule has 1 atom stereocenters. The minimum absolute atomic E-state index is 0.0182. The Hall–Kier alpha value is -3.09. The van der Waals surface area contributed by atoms with E-state index in [0.717, 1.165) is 36.3 Å². The van der Waals surface area contributed by atoms with Gasteiger partial charge in [-0.3, -0.25) is 9.48 Å². The lowest BCUT2D eigenvalue weighted by Crippen LogP contribution is -2.39. The van der Waals surface area contributed by atoms with Crippen LogP contribution in [0.3, 0.4) is 0 Å². The van der Waals surface area contributed by atoms with Gasteiger partial charge in [-0.25, -0.2) is 4.98 Å². The van der Waals surface area contributed by atoms with E-state index in [1.54, 1.807) is 30.3 Å². The molecule has 4 rings (SSSR count). The average molecular weight is 409 g/mol. The number of oxazole rings is 1. The van der Waals surface area contributed by atoms with Gasteiger partial charge in [0.05, 0.1) is 13.3 Å². The zero-order chi connectivity index (χ0) is 21.1. The number of carbonyl (C=O) groups excluding carboxylic acids is 1. The third kappa shape index (κ3) is 3.97. The van der Waals surface area contributed by atoms with Crippen molar-refractivity contribution in [3.8, 4) is 5.75 Å². The van der Waals surface area contributed by atoms with Gasteiger partial charge in [-0.05, 0) is 45.2 Å². The van der Waals surface area contributed by atoms with Crippen molar-refractivity contribution >= 4 is 5.91 Å². The Morgan fingerprint density at radius 3 is 2.90 bits per heavy atom. The second-order valence-corrected chi connectivity index (χ2v) is 7.92. The monoisotopic (exact) mass is 408 g/mol. The number of rotatable bonds is 6. The van der Waals surface area contributed by atoms with Crippen LogP contribution in [0, 0.1) is 0 Å². The SMILES string of the molecule is COc1ccccc1Cc1cnc([C@@H]2CCCCN2C(=O)c2ccnn2C(C)C)o1. The first-order chi connectivity index (χ1) is 14.6. The normalized spacial score (nSPS) is 16.8. The van der Waals surface area contributed by atoms with Crippen LogP contribution in [0.15, 0.2) is 47.1 Å². The lowest BCUT2D eigenvalue weighted by atomic mass is 10.0. The number of piperidine rings is 1. The molecule has 0 spiro atoms. The van der Waals surface area contributed by atoms with Crippen molar-refractivity contribution in [1.82, 2.24) is 19.7 Å². The predicted molar refractivity (Wildman–Crippen MR) is 113 cm³/mol. The molecule has 30 heavy (non-hydrogen) atoms. The molecule has 1 aliphatic heterocycles. The van der Waals surface area contributed by atoms with Crippen LogP contribution in [-0.2, 0) is 6.42 Å². The molecule has 1 aliphatic rings. The van der Waals surface area contributed by atoms with Crippen LogP contribution in [0.4, 0.5) is 0 Å². The predicted octanol–water partition coefficient (Wildman–Crippen LogP) is 4.42. The second-order valence-electron chi connectivity index (χ2n) is 7.92. The Bertz CT molecular complexity index is 1010. The second kappa shape index (κ2) is 8.73. The molecular formula is C23H28N4O3. The van der Waals surface area contributed by atoms with Crippen molar-refractivity contribution in [3.63, 3.8) is 0 Å². The summed E-state index contributed by atoms with van der Waals surface area (Å²) in [6, 6.07) is 9.63. The van der Waals surface area contributed by atoms with Crippen LogP contribution in [0.1, 0.15) is 72.9 Å². The van der Waals surface area contributed by atoms with Crippen LogP contribution < -0.4 is 4.74 Å². The Morgan fingerprint density at radius 1 is 1.27 bits per heavy atom. The standard InChI is InChI=1S/C23H28N4O3/c1-16(2)27-20(11-12-25-27)23(28)26-13-7-6-9-19(26)22-24-15-18(30-22)14-17-8-4-5-10-21(17)29-3/h4-5,8,10-12,15-16,19H,6-7,9,13-14H2,1-3H3/t19-/m0/s1. The van der Waals surface area contributed by atoms with E-state index >= 15 is 0 Å². The molecule has 2 aromatic heterocycles. The smallest absolute Gasteiger partial charge is 0.272 e. The summed E-state index contributed by atoms with van der Waals surface area (Å²) in [5, 5.41) is 4.31. The fourth-order valence-corrected chi connectivity index (χ4v) is 4.07. The summed E-state index contributed by atoms with van der Waals surface area (Å²) in [6.45, 7) is 4.74. The third-order valence-electron chi connectivity index (χ3n) is 5.56. The number of likely N-dealkylation sites (tertiary alicyclic amines) is 1. The van der Waals surface area contributed by atoms with Gasteiger partial charge in [0.15, 0.2) is 0 Å². The van der Waals surface area contributed by atoms with E-state index < -0.39 is 0 Å². The molecule has 158 valence electrons. The topological polar surface area (TPSA) is 73.4 Å². The summed E-state index contributed by atoms with van der Waals surface area (Å²) in [5.41, 5.74) is 1.65. The number of hydrogen-bond acceptors (Lipinski definition) is 5. The minimum Gasteiger partial charge on any atom is -0.496 e. The molecule has 0 N–H and O–H groups in total. The highest BCUT2D eigenvalue weighted by Gasteiger charge is 2.33. The minimum atomic E-state index is -0.159. The molecule has 3 heterocycles. The van der Waals surface area contributed by atoms with Gasteiger partial charge in [-0.2, -0.15) is 5.10 Å². The third-order valence-corrected chi connectivity index (χ3v) is 5.56. The Labute approximate surface area is 176 Å². The van der Waals surface area contributed by atoms with Gasteiger partial charge < -0.3 is 14.1 Å². The maximum atomic E-state index is 13.3. The number of para-hydroxylation sites is 1. The van der Waals surface area contributed by atoms with Crippen molar-refractivity contribution in [1.29, 1.82) is 0 Å². The van der Waals surface area contributed by atoms with Crippen molar-refractivity contribution in [2.75, 3.05) is 13.7 Å². The van der Waals surface area contributed by atoms with Crippen molar-refractivity contribution in [2.24, 2.45) is 0 Å². The average Bonchev–Trinajstić information content (AvgIpc) is 3.43. The number of ether oxygens (including phenoxy) is 1. The summed E-state index contributed by atoms with van der Waals surface area (Å²) >= 11 is 0. The Balaban J connectivity index is 1.56. The van der Waals surface area contributed by atoms with Gasteiger partial charge in [0.1, 0.15) is 23.2 Å². The van der Waals surface area contributed by atoms with Gasteiger partial charge in [-0.15, -0.1) is 0 Å². The first-order valence-corrected chi connectivity index (χ1v) is 10.5. The number of nitrogens with zero attached hydrogens (tertiary/aromatic N) is 4. The lowest BCUT2D eigenvalue weighted by Gasteiger charge is -2.34. The van der Waals surface area contributed by atoms with Gasteiger partial charge >= 0.3 is 0 Å². The lowest BCUT2D eigenvalue weighted by molar-refractivity contribution is 0.0555. The number of benzene rings is 1. The van der Waals surface area contributed by atoms with Crippen LogP contribution in [0.5, 0.6) is 5.75 Å². The fraction of sp³-hybridized carbons (Fsp3) is 0.435. The Kier molecular flexibility index (Phi) is 5.88. The van der Waals surface area contributed by atoms with E-state index in [1.165, 1.54) is 0 Å². The van der Waals surface area contributed by atoms with E-state index in [9.17, 15) is 4.79 Å². The van der Waals surface area contributed by atoms with Gasteiger partial charge in [-0.1, -0.05) is 18.2 Å². The highest BCUT2D eigenvalue weighted by molar-refractivity contribution is 5.92. The first-order valence-electron chi connectivity index (χ1n) is 10.5.